The molecule has 0 fully saturated rings. The van der Waals surface area contributed by atoms with Crippen LogP contribution in [0.5, 0.6) is 5.75 Å². The lowest BCUT2D eigenvalue weighted by Crippen LogP contribution is -2.26. The summed E-state index contributed by atoms with van der Waals surface area (Å²) in [5.74, 6) is 0.862. The largest absolute Gasteiger partial charge is 0.497 e. The molecule has 3 rings (SSSR count). The molecule has 104 valence electrons. The average molecular weight is 270 g/mol. The smallest absolute Gasteiger partial charge is 0.178 e. The van der Waals surface area contributed by atoms with Gasteiger partial charge in [-0.25, -0.2) is 0 Å². The Balaban J connectivity index is 2.19. The quantitative estimate of drug-likeness (QED) is 0.829. The van der Waals surface area contributed by atoms with E-state index in [1.807, 2.05) is 24.3 Å². The predicted molar refractivity (Wildman–Crippen MR) is 76.9 cm³/mol. The molecule has 0 aliphatic heterocycles. The van der Waals surface area contributed by atoms with Crippen molar-refractivity contribution >= 4 is 5.78 Å². The summed E-state index contributed by atoms with van der Waals surface area (Å²) in [7, 11) is 3.39. The summed E-state index contributed by atoms with van der Waals surface area (Å²) in [4.78, 5) is 11.4. The fourth-order valence-corrected chi connectivity index (χ4v) is 3.29. The lowest BCUT2D eigenvalue weighted by Gasteiger charge is -2.28. The normalized spacial score (nSPS) is 26.1. The van der Waals surface area contributed by atoms with E-state index in [1.165, 1.54) is 5.56 Å². The van der Waals surface area contributed by atoms with E-state index in [-0.39, 0.29) is 16.8 Å². The molecule has 0 N–H and O–H groups in total. The molecule has 20 heavy (non-hydrogen) atoms. The molecular weight excluding hydrogens is 252 g/mol. The second kappa shape index (κ2) is 4.32. The van der Waals surface area contributed by atoms with Crippen molar-refractivity contribution in [2.45, 2.75) is 24.4 Å². The van der Waals surface area contributed by atoms with Gasteiger partial charge in [0.15, 0.2) is 5.78 Å². The highest BCUT2D eigenvalue weighted by molar-refractivity contribution is 6.01. The monoisotopic (exact) mass is 270 g/mol. The van der Waals surface area contributed by atoms with Crippen LogP contribution in [0.3, 0.4) is 0 Å². The molecule has 0 bridgehead atoms. The van der Waals surface area contributed by atoms with E-state index in [0.29, 0.717) is 0 Å². The first-order valence-electron chi connectivity index (χ1n) is 6.70. The Hall–Kier alpha value is -1.87. The van der Waals surface area contributed by atoms with Crippen molar-refractivity contribution in [3.8, 4) is 5.75 Å². The van der Waals surface area contributed by atoms with Gasteiger partial charge >= 0.3 is 0 Å². The SMILES string of the molecule is COc1ccc2c(c1)C(C)(OC)CC21C=CC(=O)C=C1. The highest BCUT2D eigenvalue weighted by Crippen LogP contribution is 2.53. The highest BCUT2D eigenvalue weighted by Gasteiger charge is 2.48. The van der Waals surface area contributed by atoms with Crippen LogP contribution < -0.4 is 4.74 Å². The molecule has 1 aromatic carbocycles. The van der Waals surface area contributed by atoms with Crippen molar-refractivity contribution in [3.63, 3.8) is 0 Å². The molecule has 0 aromatic heterocycles. The van der Waals surface area contributed by atoms with E-state index >= 15 is 0 Å². The third kappa shape index (κ3) is 1.74. The topological polar surface area (TPSA) is 35.5 Å². The maximum absolute atomic E-state index is 11.4. The van der Waals surface area contributed by atoms with Crippen LogP contribution >= 0.6 is 0 Å². The van der Waals surface area contributed by atoms with E-state index in [2.05, 4.69) is 13.0 Å². The number of carbonyl (C=O) groups is 1. The molecule has 3 nitrogen and oxygen atoms in total. The molecule has 0 heterocycles. The third-order valence-corrected chi connectivity index (χ3v) is 4.47. The van der Waals surface area contributed by atoms with Gasteiger partial charge in [-0.15, -0.1) is 0 Å². The summed E-state index contributed by atoms with van der Waals surface area (Å²) in [6, 6.07) is 6.06. The molecule has 2 aliphatic carbocycles. The Labute approximate surface area is 118 Å². The Morgan fingerprint density at radius 2 is 1.80 bits per heavy atom. The van der Waals surface area contributed by atoms with Crippen molar-refractivity contribution < 1.29 is 14.3 Å². The number of benzene rings is 1. The van der Waals surface area contributed by atoms with Crippen molar-refractivity contribution in [1.82, 2.24) is 0 Å². The summed E-state index contributed by atoms with van der Waals surface area (Å²) < 4.78 is 11.1. The zero-order chi connectivity index (χ0) is 14.4. The van der Waals surface area contributed by atoms with Gasteiger partial charge in [-0.1, -0.05) is 18.2 Å². The number of ketones is 1. The van der Waals surface area contributed by atoms with E-state index in [1.54, 1.807) is 26.4 Å². The maximum Gasteiger partial charge on any atom is 0.178 e. The Morgan fingerprint density at radius 3 is 2.40 bits per heavy atom. The van der Waals surface area contributed by atoms with Crippen LogP contribution in [0.2, 0.25) is 0 Å². The molecule has 0 amide bonds. The van der Waals surface area contributed by atoms with E-state index in [9.17, 15) is 4.79 Å². The third-order valence-electron chi connectivity index (χ3n) is 4.47. The second-order valence-electron chi connectivity index (χ2n) is 5.63. The lowest BCUT2D eigenvalue weighted by molar-refractivity contribution is -0.110. The molecule has 0 saturated carbocycles. The highest BCUT2D eigenvalue weighted by atomic mass is 16.5. The van der Waals surface area contributed by atoms with Gasteiger partial charge in [0.05, 0.1) is 12.7 Å². The lowest BCUT2D eigenvalue weighted by atomic mass is 9.78. The molecule has 1 unspecified atom stereocenters. The number of hydrogen-bond acceptors (Lipinski definition) is 3. The minimum atomic E-state index is -0.376. The van der Waals surface area contributed by atoms with Gasteiger partial charge in [0.2, 0.25) is 0 Å². The van der Waals surface area contributed by atoms with E-state index in [0.717, 1.165) is 17.7 Å². The summed E-state index contributed by atoms with van der Waals surface area (Å²) in [6.45, 7) is 2.08. The average Bonchev–Trinajstić information content (AvgIpc) is 2.72. The zero-order valence-electron chi connectivity index (χ0n) is 12.0. The van der Waals surface area contributed by atoms with Crippen LogP contribution in [0.25, 0.3) is 0 Å². The van der Waals surface area contributed by atoms with Crippen LogP contribution in [-0.2, 0) is 20.5 Å². The first-order valence-corrected chi connectivity index (χ1v) is 6.70. The second-order valence-corrected chi connectivity index (χ2v) is 5.63. The van der Waals surface area contributed by atoms with Gasteiger partial charge in [-0.2, -0.15) is 0 Å². The standard InChI is InChI=1S/C17H18O3/c1-16(20-3)11-17(8-6-12(18)7-9-17)14-5-4-13(19-2)10-15(14)16/h4-10H,11H2,1-3H3. The number of hydrogen-bond donors (Lipinski definition) is 0. The van der Waals surface area contributed by atoms with Crippen LogP contribution in [0.4, 0.5) is 0 Å². The minimum absolute atomic E-state index is 0.0386. The molecular formula is C17H18O3. The summed E-state index contributed by atoms with van der Waals surface area (Å²) in [5.41, 5.74) is 1.69. The first-order chi connectivity index (χ1) is 9.53. The maximum atomic E-state index is 11.4. The minimum Gasteiger partial charge on any atom is -0.497 e. The van der Waals surface area contributed by atoms with Crippen molar-refractivity contribution in [2.24, 2.45) is 0 Å². The summed E-state index contributed by atoms with van der Waals surface area (Å²) in [5, 5.41) is 0. The summed E-state index contributed by atoms with van der Waals surface area (Å²) in [6.07, 6.45) is 8.07. The molecule has 3 heteroatoms. The Morgan fingerprint density at radius 1 is 1.10 bits per heavy atom. The predicted octanol–water partition coefficient (Wildman–Crippen LogP) is 2.89. The Bertz CT molecular complexity index is 611. The van der Waals surface area contributed by atoms with Gasteiger partial charge < -0.3 is 9.47 Å². The molecule has 1 atom stereocenters. The van der Waals surface area contributed by atoms with E-state index in [4.69, 9.17) is 9.47 Å². The van der Waals surface area contributed by atoms with Crippen molar-refractivity contribution in [3.05, 3.63) is 53.6 Å². The van der Waals surface area contributed by atoms with Gasteiger partial charge in [-0.05, 0) is 48.8 Å². The van der Waals surface area contributed by atoms with Crippen LogP contribution in [-0.4, -0.2) is 20.0 Å². The van der Waals surface area contributed by atoms with Crippen molar-refractivity contribution in [1.29, 1.82) is 0 Å². The molecule has 2 aliphatic rings. The van der Waals surface area contributed by atoms with Crippen LogP contribution in [0.15, 0.2) is 42.5 Å². The number of ether oxygens (including phenoxy) is 2. The molecule has 0 radical (unpaired) electrons. The molecule has 1 spiro atoms. The Kier molecular flexibility index (Phi) is 2.83. The van der Waals surface area contributed by atoms with Crippen LogP contribution in [0.1, 0.15) is 24.5 Å². The van der Waals surface area contributed by atoms with E-state index < -0.39 is 0 Å². The van der Waals surface area contributed by atoms with Gasteiger partial charge in [-0.3, -0.25) is 4.79 Å². The fourth-order valence-electron chi connectivity index (χ4n) is 3.29. The van der Waals surface area contributed by atoms with Gasteiger partial charge in [0.25, 0.3) is 0 Å². The van der Waals surface area contributed by atoms with Gasteiger partial charge in [0.1, 0.15) is 5.75 Å². The number of allylic oxidation sites excluding steroid dienone is 4. The molecule has 1 aromatic rings. The molecule has 0 saturated heterocycles. The fraction of sp³-hybridized carbons (Fsp3) is 0.353. The number of carbonyl (C=O) groups excluding carboxylic acids is 1. The van der Waals surface area contributed by atoms with Crippen LogP contribution in [0, 0.1) is 0 Å². The van der Waals surface area contributed by atoms with Gasteiger partial charge in [0, 0.05) is 12.5 Å². The number of methoxy groups -OCH3 is 2. The zero-order valence-corrected chi connectivity index (χ0v) is 12.0. The summed E-state index contributed by atoms with van der Waals surface area (Å²) >= 11 is 0. The number of rotatable bonds is 2. The first kappa shape index (κ1) is 13.1. The number of fused-ring (bicyclic) bond motifs is 2. The van der Waals surface area contributed by atoms with Crippen molar-refractivity contribution in [2.75, 3.05) is 14.2 Å².